The van der Waals surface area contributed by atoms with Crippen LogP contribution in [0.5, 0.6) is 0 Å². The molecule has 0 aromatic carbocycles. The second kappa shape index (κ2) is 33.2. The Bertz CT molecular complexity index is 1280. The Morgan fingerprint density at radius 3 is 1.42 bits per heavy atom. The molecule has 13 nitrogen and oxygen atoms in total. The van der Waals surface area contributed by atoms with Crippen LogP contribution in [0.3, 0.4) is 0 Å². The molecule has 14 heteroatoms. The lowest BCUT2D eigenvalue weighted by molar-refractivity contribution is -0.220. The maximum atomic E-state index is 12.8. The summed E-state index contributed by atoms with van der Waals surface area (Å²) in [6.45, 7) is 2.97. The van der Waals surface area contributed by atoms with Crippen molar-refractivity contribution in [3.63, 3.8) is 0 Å². The zero-order valence-corrected chi connectivity index (χ0v) is 35.0. The van der Waals surface area contributed by atoms with Gasteiger partial charge in [-0.25, -0.2) is 4.57 Å². The highest BCUT2D eigenvalue weighted by Gasteiger charge is 2.51. The maximum absolute atomic E-state index is 12.8. The number of ether oxygens (including phenoxy) is 2. The molecule has 0 aliphatic heterocycles. The molecule has 6 N–H and O–H groups in total. The van der Waals surface area contributed by atoms with Gasteiger partial charge in [0.05, 0.1) is 6.61 Å². The molecule has 7 unspecified atom stereocenters. The van der Waals surface area contributed by atoms with Crippen molar-refractivity contribution in [2.75, 3.05) is 13.2 Å². The molecule has 0 amide bonds. The van der Waals surface area contributed by atoms with E-state index in [-0.39, 0.29) is 12.8 Å². The van der Waals surface area contributed by atoms with E-state index >= 15 is 0 Å². The molecule has 0 saturated heterocycles. The van der Waals surface area contributed by atoms with Crippen molar-refractivity contribution in [1.82, 2.24) is 0 Å². The molecule has 1 aliphatic carbocycles. The van der Waals surface area contributed by atoms with E-state index in [0.29, 0.717) is 12.8 Å². The minimum Gasteiger partial charge on any atom is -0.462 e. The van der Waals surface area contributed by atoms with Crippen molar-refractivity contribution in [1.29, 1.82) is 0 Å². The fourth-order valence-electron chi connectivity index (χ4n) is 5.81. The summed E-state index contributed by atoms with van der Waals surface area (Å²) in [6, 6.07) is 0. The van der Waals surface area contributed by atoms with Crippen molar-refractivity contribution >= 4 is 19.8 Å². The van der Waals surface area contributed by atoms with E-state index in [1.165, 1.54) is 0 Å². The Kier molecular flexibility index (Phi) is 30.4. The molecule has 1 rings (SSSR count). The number of rotatable bonds is 32. The third-order valence-corrected chi connectivity index (χ3v) is 10.2. The van der Waals surface area contributed by atoms with E-state index in [0.717, 1.165) is 89.9 Å². The topological polar surface area (TPSA) is 210 Å². The molecular formula is C43H71O13P. The van der Waals surface area contributed by atoms with Gasteiger partial charge in [-0.2, -0.15) is 0 Å². The van der Waals surface area contributed by atoms with Gasteiger partial charge in [0.15, 0.2) is 6.10 Å². The second-order valence-corrected chi connectivity index (χ2v) is 15.6. The lowest BCUT2D eigenvalue weighted by Crippen LogP contribution is -2.64. The Hall–Kier alpha value is -2.71. The third kappa shape index (κ3) is 26.1. The molecule has 0 spiro atoms. The Balaban J connectivity index is 2.53. The molecule has 0 heterocycles. The smallest absolute Gasteiger partial charge is 0.462 e. The summed E-state index contributed by atoms with van der Waals surface area (Å²) >= 11 is 0. The van der Waals surface area contributed by atoms with Crippen LogP contribution in [0.25, 0.3) is 0 Å². The molecule has 0 bridgehead atoms. The molecule has 0 radical (unpaired) electrons. The lowest BCUT2D eigenvalue weighted by Gasteiger charge is -2.41. The number of carbonyl (C=O) groups excluding carboxylic acids is 2. The fourth-order valence-corrected chi connectivity index (χ4v) is 6.79. The van der Waals surface area contributed by atoms with Crippen molar-refractivity contribution in [3.8, 4) is 0 Å². The largest absolute Gasteiger partial charge is 0.472 e. The van der Waals surface area contributed by atoms with Gasteiger partial charge in [-0.15, -0.1) is 0 Å². The summed E-state index contributed by atoms with van der Waals surface area (Å²) in [4.78, 5) is 35.6. The van der Waals surface area contributed by atoms with Crippen LogP contribution in [0, 0.1) is 0 Å². The van der Waals surface area contributed by atoms with Gasteiger partial charge in [-0.05, 0) is 51.4 Å². The van der Waals surface area contributed by atoms with Gasteiger partial charge in [0, 0.05) is 12.8 Å². The minimum atomic E-state index is -5.13. The monoisotopic (exact) mass is 826 g/mol. The van der Waals surface area contributed by atoms with Crippen LogP contribution in [0.4, 0.5) is 0 Å². The van der Waals surface area contributed by atoms with Crippen LogP contribution in [0.15, 0.2) is 72.9 Å². The van der Waals surface area contributed by atoms with Gasteiger partial charge in [0.25, 0.3) is 0 Å². The van der Waals surface area contributed by atoms with Gasteiger partial charge in [0.1, 0.15) is 43.2 Å². The molecule has 57 heavy (non-hydrogen) atoms. The molecule has 1 fully saturated rings. The predicted octanol–water partition coefficient (Wildman–Crippen LogP) is 7.16. The normalized spacial score (nSPS) is 23.4. The summed E-state index contributed by atoms with van der Waals surface area (Å²) in [5, 5.41) is 50.0. The Labute approximate surface area is 340 Å². The highest BCUT2D eigenvalue weighted by molar-refractivity contribution is 7.47. The van der Waals surface area contributed by atoms with Gasteiger partial charge < -0.3 is 39.9 Å². The van der Waals surface area contributed by atoms with E-state index < -0.39 is 75.7 Å². The number of hydrogen-bond donors (Lipinski definition) is 6. The number of aliphatic hydroxyl groups excluding tert-OH is 5. The maximum Gasteiger partial charge on any atom is 0.472 e. The van der Waals surface area contributed by atoms with Crippen LogP contribution in [-0.4, -0.2) is 98.3 Å². The first-order valence-electron chi connectivity index (χ1n) is 20.8. The number of unbranched alkanes of at least 4 members (excludes halogenated alkanes) is 12. The summed E-state index contributed by atoms with van der Waals surface area (Å²) in [7, 11) is -5.13. The minimum absolute atomic E-state index is 0.0667. The molecule has 1 saturated carbocycles. The Morgan fingerprint density at radius 2 is 0.947 bits per heavy atom. The molecule has 0 aromatic heterocycles. The molecule has 8 atom stereocenters. The van der Waals surface area contributed by atoms with Gasteiger partial charge >= 0.3 is 19.8 Å². The first-order chi connectivity index (χ1) is 27.4. The number of carbonyl (C=O) groups is 2. The predicted molar refractivity (Wildman–Crippen MR) is 221 cm³/mol. The number of phosphoric acid groups is 1. The highest BCUT2D eigenvalue weighted by Crippen LogP contribution is 2.47. The Morgan fingerprint density at radius 1 is 0.544 bits per heavy atom. The van der Waals surface area contributed by atoms with Crippen molar-refractivity contribution in [2.24, 2.45) is 0 Å². The van der Waals surface area contributed by atoms with Crippen molar-refractivity contribution in [3.05, 3.63) is 72.9 Å². The number of allylic oxidation sites excluding steroid dienone is 12. The summed E-state index contributed by atoms with van der Waals surface area (Å²) < 4.78 is 33.4. The zero-order valence-electron chi connectivity index (χ0n) is 34.1. The average Bonchev–Trinajstić information content (AvgIpc) is 3.19. The number of phosphoric ester groups is 1. The second-order valence-electron chi connectivity index (χ2n) is 14.2. The van der Waals surface area contributed by atoms with E-state index in [9.17, 15) is 44.6 Å². The molecular weight excluding hydrogens is 755 g/mol. The zero-order chi connectivity index (χ0) is 42.2. The van der Waals surface area contributed by atoms with Crippen molar-refractivity contribution in [2.45, 2.75) is 172 Å². The first-order valence-corrected chi connectivity index (χ1v) is 22.3. The fraction of sp³-hybridized carbons (Fsp3) is 0.674. The molecule has 326 valence electrons. The van der Waals surface area contributed by atoms with Crippen molar-refractivity contribution < 1.29 is 63.1 Å². The van der Waals surface area contributed by atoms with Crippen LogP contribution >= 0.6 is 7.82 Å². The summed E-state index contributed by atoms with van der Waals surface area (Å²) in [5.41, 5.74) is 0. The number of hydrogen-bond acceptors (Lipinski definition) is 12. The first kappa shape index (κ1) is 52.3. The molecule has 1 aliphatic rings. The third-order valence-electron chi connectivity index (χ3n) is 9.17. The van der Waals surface area contributed by atoms with Gasteiger partial charge in [-0.3, -0.25) is 18.6 Å². The molecule has 0 aromatic rings. The average molecular weight is 827 g/mol. The van der Waals surface area contributed by atoms with E-state index in [1.54, 1.807) is 0 Å². The number of aliphatic hydroxyl groups is 5. The van der Waals surface area contributed by atoms with Gasteiger partial charge in [0.2, 0.25) is 0 Å². The standard InChI is InChI=1S/C43H71O13P/c1-3-5-7-9-11-13-15-17-18-20-21-23-25-27-29-31-36(44)53-33-35(34-54-57(51,52)56-43-41(49)39(47)38(46)40(48)42(43)50)55-37(45)32-30-28-26-24-22-19-16-14-12-10-8-6-4-2/h5-16,35,38-43,46-50H,3-4,17-34H2,1-2H3,(H,51,52)/b7-5+,8-6+,11-9+,12-10+,15-13+,16-14+/t35?,38?,39-,40?,41?,42?,43?/m0/s1. The summed E-state index contributed by atoms with van der Waals surface area (Å²) in [5.74, 6) is -1.15. The van der Waals surface area contributed by atoms with Crippen LogP contribution in [0.1, 0.15) is 129 Å². The van der Waals surface area contributed by atoms with E-state index in [4.69, 9.17) is 18.5 Å². The number of esters is 2. The summed E-state index contributed by atoms with van der Waals surface area (Å²) in [6.07, 6.45) is 26.8. The van der Waals surface area contributed by atoms with E-state index in [2.05, 4.69) is 44.2 Å². The quantitative estimate of drug-likeness (QED) is 0.0172. The van der Waals surface area contributed by atoms with Crippen LogP contribution in [0.2, 0.25) is 0 Å². The van der Waals surface area contributed by atoms with E-state index in [1.807, 2.05) is 42.5 Å². The lowest BCUT2D eigenvalue weighted by atomic mass is 9.85. The van der Waals surface area contributed by atoms with Gasteiger partial charge in [-0.1, -0.05) is 138 Å². The van der Waals surface area contributed by atoms with Crippen LogP contribution < -0.4 is 0 Å². The van der Waals surface area contributed by atoms with Crippen LogP contribution in [-0.2, 0) is 32.7 Å². The SMILES string of the molecule is CC/C=C/C=C/C=C/CCCCCCCCCC(=O)OCC(COP(=O)(O)OC1C(O)C(O)C(O)[C@H](O)C1O)OC(=O)CCCCCCC/C=C/C=C/C=C/CC. The highest BCUT2D eigenvalue weighted by atomic mass is 31.2.